The van der Waals surface area contributed by atoms with Crippen LogP contribution in [0, 0.1) is 6.92 Å². The second-order valence-electron chi connectivity index (χ2n) is 4.77. The summed E-state index contributed by atoms with van der Waals surface area (Å²) in [6.07, 6.45) is 6.04. The molecule has 0 bridgehead atoms. The highest BCUT2D eigenvalue weighted by molar-refractivity contribution is 9.10. The van der Waals surface area contributed by atoms with Crippen LogP contribution in [0.1, 0.15) is 29.2 Å². The molecule has 0 aliphatic heterocycles. The number of halogens is 1. The van der Waals surface area contributed by atoms with Gasteiger partial charge in [-0.1, -0.05) is 22.0 Å². The van der Waals surface area contributed by atoms with Crippen molar-refractivity contribution in [1.82, 2.24) is 4.98 Å². The first-order valence-corrected chi connectivity index (χ1v) is 6.99. The van der Waals surface area contributed by atoms with Gasteiger partial charge in [-0.2, -0.15) is 0 Å². The molecule has 0 radical (unpaired) electrons. The van der Waals surface area contributed by atoms with Gasteiger partial charge in [-0.3, -0.25) is 4.98 Å². The number of nitrogens with one attached hydrogen (secondary N) is 1. The van der Waals surface area contributed by atoms with Crippen molar-refractivity contribution in [3.8, 4) is 0 Å². The SMILES string of the molecule is Cc1ccncc1NC1CCc2cc(Br)ccc21. The number of fused-ring (bicyclic) bond motifs is 1. The summed E-state index contributed by atoms with van der Waals surface area (Å²) in [7, 11) is 0. The maximum Gasteiger partial charge on any atom is 0.0561 e. The minimum absolute atomic E-state index is 0.413. The van der Waals surface area contributed by atoms with Crippen molar-refractivity contribution in [3.63, 3.8) is 0 Å². The molecule has 0 fully saturated rings. The van der Waals surface area contributed by atoms with E-state index >= 15 is 0 Å². The Balaban J connectivity index is 1.87. The normalized spacial score (nSPS) is 17.6. The first-order valence-electron chi connectivity index (χ1n) is 6.19. The number of rotatable bonds is 2. The van der Waals surface area contributed by atoms with Gasteiger partial charge in [0.25, 0.3) is 0 Å². The summed E-state index contributed by atoms with van der Waals surface area (Å²) in [5, 5.41) is 3.61. The van der Waals surface area contributed by atoms with Gasteiger partial charge in [-0.05, 0) is 54.7 Å². The number of anilines is 1. The van der Waals surface area contributed by atoms with Gasteiger partial charge in [-0.15, -0.1) is 0 Å². The van der Waals surface area contributed by atoms with Gasteiger partial charge in [0.05, 0.1) is 17.9 Å². The Morgan fingerprint density at radius 1 is 1.33 bits per heavy atom. The molecule has 2 aromatic rings. The van der Waals surface area contributed by atoms with E-state index in [0.717, 1.165) is 18.5 Å². The van der Waals surface area contributed by atoms with Crippen LogP contribution in [0.15, 0.2) is 41.1 Å². The first kappa shape index (κ1) is 11.7. The second kappa shape index (κ2) is 4.73. The third-order valence-corrected chi connectivity index (χ3v) is 4.04. The Kier molecular flexibility index (Phi) is 3.08. The molecule has 0 amide bonds. The topological polar surface area (TPSA) is 24.9 Å². The minimum atomic E-state index is 0.413. The fourth-order valence-electron chi connectivity index (χ4n) is 2.54. The fourth-order valence-corrected chi connectivity index (χ4v) is 2.95. The molecule has 92 valence electrons. The largest absolute Gasteiger partial charge is 0.377 e. The van der Waals surface area contributed by atoms with E-state index in [1.807, 2.05) is 18.5 Å². The Morgan fingerprint density at radius 2 is 2.22 bits per heavy atom. The fraction of sp³-hybridized carbons (Fsp3) is 0.267. The molecule has 3 heteroatoms. The average Bonchev–Trinajstić information content (AvgIpc) is 2.74. The third kappa shape index (κ3) is 2.15. The monoisotopic (exact) mass is 302 g/mol. The standard InChI is InChI=1S/C15H15BrN2/c1-10-6-7-17-9-15(10)18-14-5-2-11-8-12(16)3-4-13(11)14/h3-4,6-9,14,18H,2,5H2,1H3. The summed E-state index contributed by atoms with van der Waals surface area (Å²) in [5.74, 6) is 0. The summed E-state index contributed by atoms with van der Waals surface area (Å²) in [6.45, 7) is 2.11. The number of benzene rings is 1. The van der Waals surface area contributed by atoms with Crippen molar-refractivity contribution in [2.75, 3.05) is 5.32 Å². The van der Waals surface area contributed by atoms with Gasteiger partial charge in [0.2, 0.25) is 0 Å². The van der Waals surface area contributed by atoms with E-state index in [2.05, 4.69) is 51.4 Å². The highest BCUT2D eigenvalue weighted by atomic mass is 79.9. The molecule has 1 heterocycles. The van der Waals surface area contributed by atoms with Crippen LogP contribution in [-0.4, -0.2) is 4.98 Å². The highest BCUT2D eigenvalue weighted by Crippen LogP contribution is 2.35. The summed E-state index contributed by atoms with van der Waals surface area (Å²) < 4.78 is 1.17. The molecule has 1 aliphatic carbocycles. The van der Waals surface area contributed by atoms with Crippen LogP contribution in [0.3, 0.4) is 0 Å². The molecule has 1 N–H and O–H groups in total. The van der Waals surface area contributed by atoms with Crippen LogP contribution in [0.5, 0.6) is 0 Å². The Hall–Kier alpha value is -1.35. The van der Waals surface area contributed by atoms with E-state index in [-0.39, 0.29) is 0 Å². The Morgan fingerprint density at radius 3 is 3.06 bits per heavy atom. The maximum absolute atomic E-state index is 4.19. The minimum Gasteiger partial charge on any atom is -0.377 e. The molecule has 0 spiro atoms. The Bertz CT molecular complexity index is 580. The number of hydrogen-bond acceptors (Lipinski definition) is 2. The molecular formula is C15H15BrN2. The smallest absolute Gasteiger partial charge is 0.0561 e. The predicted molar refractivity (Wildman–Crippen MR) is 77.8 cm³/mol. The average molecular weight is 303 g/mol. The van der Waals surface area contributed by atoms with E-state index in [9.17, 15) is 0 Å². The van der Waals surface area contributed by atoms with E-state index in [4.69, 9.17) is 0 Å². The van der Waals surface area contributed by atoms with Gasteiger partial charge < -0.3 is 5.32 Å². The predicted octanol–water partition coefficient (Wildman–Crippen LogP) is 4.25. The van der Waals surface area contributed by atoms with Crippen LogP contribution in [-0.2, 0) is 6.42 Å². The molecule has 1 aromatic heterocycles. The van der Waals surface area contributed by atoms with Gasteiger partial charge in [0.15, 0.2) is 0 Å². The van der Waals surface area contributed by atoms with E-state index in [0.29, 0.717) is 6.04 Å². The van der Waals surface area contributed by atoms with Gasteiger partial charge >= 0.3 is 0 Å². The second-order valence-corrected chi connectivity index (χ2v) is 5.69. The summed E-state index contributed by atoms with van der Waals surface area (Å²) in [6, 6.07) is 9.02. The third-order valence-electron chi connectivity index (χ3n) is 3.55. The zero-order chi connectivity index (χ0) is 12.5. The van der Waals surface area contributed by atoms with E-state index < -0.39 is 0 Å². The van der Waals surface area contributed by atoms with Crippen LogP contribution in [0.2, 0.25) is 0 Å². The number of aryl methyl sites for hydroxylation is 2. The molecule has 0 saturated heterocycles. The van der Waals surface area contributed by atoms with Gasteiger partial charge in [-0.25, -0.2) is 0 Å². The van der Waals surface area contributed by atoms with Crippen molar-refractivity contribution in [1.29, 1.82) is 0 Å². The summed E-state index contributed by atoms with van der Waals surface area (Å²) >= 11 is 3.53. The number of pyridine rings is 1. The van der Waals surface area contributed by atoms with Crippen molar-refractivity contribution in [2.45, 2.75) is 25.8 Å². The zero-order valence-corrected chi connectivity index (χ0v) is 11.9. The van der Waals surface area contributed by atoms with Crippen molar-refractivity contribution >= 4 is 21.6 Å². The molecule has 1 aromatic carbocycles. The lowest BCUT2D eigenvalue weighted by Gasteiger charge is -2.16. The summed E-state index contributed by atoms with van der Waals surface area (Å²) in [5.41, 5.74) is 5.25. The van der Waals surface area contributed by atoms with Crippen LogP contribution in [0.25, 0.3) is 0 Å². The van der Waals surface area contributed by atoms with Gasteiger partial charge in [0.1, 0.15) is 0 Å². The van der Waals surface area contributed by atoms with Crippen molar-refractivity contribution in [2.24, 2.45) is 0 Å². The van der Waals surface area contributed by atoms with Crippen LogP contribution in [0.4, 0.5) is 5.69 Å². The van der Waals surface area contributed by atoms with Crippen molar-refractivity contribution < 1.29 is 0 Å². The van der Waals surface area contributed by atoms with Gasteiger partial charge in [0, 0.05) is 10.7 Å². The number of nitrogens with zero attached hydrogens (tertiary/aromatic N) is 1. The first-order chi connectivity index (χ1) is 8.74. The molecular weight excluding hydrogens is 288 g/mol. The highest BCUT2D eigenvalue weighted by Gasteiger charge is 2.22. The van der Waals surface area contributed by atoms with Crippen LogP contribution >= 0.6 is 15.9 Å². The lowest BCUT2D eigenvalue weighted by molar-refractivity contribution is 0.760. The molecule has 1 aliphatic rings. The molecule has 1 unspecified atom stereocenters. The summed E-state index contributed by atoms with van der Waals surface area (Å²) in [4.78, 5) is 4.19. The molecule has 1 atom stereocenters. The number of aromatic nitrogens is 1. The van der Waals surface area contributed by atoms with E-state index in [1.54, 1.807) is 0 Å². The molecule has 2 nitrogen and oxygen atoms in total. The molecule has 3 rings (SSSR count). The Labute approximate surface area is 116 Å². The van der Waals surface area contributed by atoms with Crippen LogP contribution < -0.4 is 5.32 Å². The molecule has 18 heavy (non-hydrogen) atoms. The lowest BCUT2D eigenvalue weighted by atomic mass is 10.1. The quantitative estimate of drug-likeness (QED) is 0.897. The van der Waals surface area contributed by atoms with E-state index in [1.165, 1.54) is 21.2 Å². The van der Waals surface area contributed by atoms with Crippen molar-refractivity contribution in [3.05, 3.63) is 57.8 Å². The maximum atomic E-state index is 4.19. The zero-order valence-electron chi connectivity index (χ0n) is 10.3. The number of hydrogen-bond donors (Lipinski definition) is 1. The lowest BCUT2D eigenvalue weighted by Crippen LogP contribution is -2.08. The molecule has 0 saturated carbocycles.